The van der Waals surface area contributed by atoms with Crippen molar-refractivity contribution in [2.75, 3.05) is 0 Å². The highest BCUT2D eigenvalue weighted by molar-refractivity contribution is 5.94. The van der Waals surface area contributed by atoms with Gasteiger partial charge in [0, 0.05) is 17.0 Å². The second kappa shape index (κ2) is 8.42. The Morgan fingerprint density at radius 2 is 1.83 bits per heavy atom. The minimum Gasteiger partial charge on any atom is -0.351 e. The molecular formula is C25H29N3O2. The van der Waals surface area contributed by atoms with E-state index in [0.29, 0.717) is 11.3 Å². The molecule has 156 valence electrons. The van der Waals surface area contributed by atoms with Crippen molar-refractivity contribution in [2.45, 2.75) is 59.0 Å². The predicted molar refractivity (Wildman–Crippen MR) is 120 cm³/mol. The van der Waals surface area contributed by atoms with E-state index in [4.69, 9.17) is 0 Å². The SMILES string of the molecule is Cc1ccc(C)c(-c2nn(CC(=O)N[C@@H]3CCCC[C@@H]3C)c(=O)c3ccccc23)c1. The number of nitrogens with one attached hydrogen (secondary N) is 1. The van der Waals surface area contributed by atoms with Gasteiger partial charge in [-0.15, -0.1) is 0 Å². The molecule has 1 aliphatic carbocycles. The first-order valence-electron chi connectivity index (χ1n) is 10.8. The van der Waals surface area contributed by atoms with Crippen molar-refractivity contribution in [3.63, 3.8) is 0 Å². The minimum atomic E-state index is -0.230. The quantitative estimate of drug-likeness (QED) is 0.703. The van der Waals surface area contributed by atoms with E-state index in [1.54, 1.807) is 0 Å². The molecule has 4 rings (SSSR count). The van der Waals surface area contributed by atoms with Crippen LogP contribution in [0.1, 0.15) is 43.7 Å². The molecule has 1 aliphatic rings. The fraction of sp³-hybridized carbons (Fsp3) is 0.400. The van der Waals surface area contributed by atoms with Gasteiger partial charge in [0.15, 0.2) is 0 Å². The first-order chi connectivity index (χ1) is 14.4. The standard InChI is InChI=1S/C25H29N3O2/c1-16-12-13-17(2)21(14-16)24-19-9-5-6-10-20(19)25(30)28(27-24)15-23(29)26-22-11-7-4-8-18(22)3/h5-6,9-10,12-14,18,22H,4,7-8,11,15H2,1-3H3,(H,26,29)/t18-,22+/m0/s1. The largest absolute Gasteiger partial charge is 0.351 e. The van der Waals surface area contributed by atoms with E-state index in [-0.39, 0.29) is 24.1 Å². The van der Waals surface area contributed by atoms with Crippen molar-refractivity contribution < 1.29 is 4.79 Å². The normalized spacial score (nSPS) is 19.0. The van der Waals surface area contributed by atoms with Gasteiger partial charge < -0.3 is 5.32 Å². The van der Waals surface area contributed by atoms with Crippen LogP contribution in [0.3, 0.4) is 0 Å². The number of aryl methyl sites for hydroxylation is 2. The maximum Gasteiger partial charge on any atom is 0.275 e. The topological polar surface area (TPSA) is 64.0 Å². The third kappa shape index (κ3) is 4.02. The lowest BCUT2D eigenvalue weighted by atomic mass is 9.86. The summed E-state index contributed by atoms with van der Waals surface area (Å²) in [5.74, 6) is 0.319. The van der Waals surface area contributed by atoms with Gasteiger partial charge in [-0.2, -0.15) is 5.10 Å². The molecule has 30 heavy (non-hydrogen) atoms. The van der Waals surface area contributed by atoms with E-state index in [1.807, 2.05) is 38.1 Å². The van der Waals surface area contributed by atoms with Gasteiger partial charge in [-0.05, 0) is 50.3 Å². The number of fused-ring (bicyclic) bond motifs is 1. The van der Waals surface area contributed by atoms with E-state index in [9.17, 15) is 9.59 Å². The highest BCUT2D eigenvalue weighted by Crippen LogP contribution is 2.28. The van der Waals surface area contributed by atoms with Gasteiger partial charge in [-0.25, -0.2) is 4.68 Å². The van der Waals surface area contributed by atoms with Crippen LogP contribution in [0.4, 0.5) is 0 Å². The number of carbonyl (C=O) groups excluding carboxylic acids is 1. The Kier molecular flexibility index (Phi) is 5.71. The van der Waals surface area contributed by atoms with Crippen molar-refractivity contribution in [3.8, 4) is 11.3 Å². The zero-order chi connectivity index (χ0) is 21.3. The Morgan fingerprint density at radius 3 is 2.60 bits per heavy atom. The van der Waals surface area contributed by atoms with Crippen LogP contribution in [-0.4, -0.2) is 21.7 Å². The average Bonchev–Trinajstić information content (AvgIpc) is 2.74. The molecular weight excluding hydrogens is 374 g/mol. The van der Waals surface area contributed by atoms with Crippen LogP contribution in [-0.2, 0) is 11.3 Å². The van der Waals surface area contributed by atoms with Crippen LogP contribution in [0.15, 0.2) is 47.3 Å². The number of hydrogen-bond acceptors (Lipinski definition) is 3. The number of nitrogens with zero attached hydrogens (tertiary/aromatic N) is 2. The molecule has 0 unspecified atom stereocenters. The lowest BCUT2D eigenvalue weighted by Gasteiger charge is -2.29. The Hall–Kier alpha value is -2.95. The van der Waals surface area contributed by atoms with Gasteiger partial charge in [0.05, 0.1) is 11.1 Å². The number of rotatable bonds is 4. The molecule has 5 heteroatoms. The summed E-state index contributed by atoms with van der Waals surface area (Å²) >= 11 is 0. The highest BCUT2D eigenvalue weighted by Gasteiger charge is 2.23. The number of amides is 1. The van der Waals surface area contributed by atoms with Crippen LogP contribution in [0.2, 0.25) is 0 Å². The molecule has 0 radical (unpaired) electrons. The van der Waals surface area contributed by atoms with Gasteiger partial charge in [-0.3, -0.25) is 9.59 Å². The zero-order valence-electron chi connectivity index (χ0n) is 17.9. The van der Waals surface area contributed by atoms with Crippen molar-refractivity contribution >= 4 is 16.7 Å². The van der Waals surface area contributed by atoms with Crippen LogP contribution in [0, 0.1) is 19.8 Å². The molecule has 0 saturated heterocycles. The predicted octanol–water partition coefficient (Wildman–Crippen LogP) is 4.38. The lowest BCUT2D eigenvalue weighted by Crippen LogP contribution is -2.43. The van der Waals surface area contributed by atoms with Gasteiger partial charge in [-0.1, -0.05) is 55.7 Å². The molecule has 1 N–H and O–H groups in total. The Bertz CT molecular complexity index is 1150. The van der Waals surface area contributed by atoms with Gasteiger partial charge >= 0.3 is 0 Å². The summed E-state index contributed by atoms with van der Waals surface area (Å²) in [5, 5.41) is 9.20. The summed E-state index contributed by atoms with van der Waals surface area (Å²) in [7, 11) is 0. The summed E-state index contributed by atoms with van der Waals surface area (Å²) in [6, 6.07) is 13.9. The maximum atomic E-state index is 13.1. The molecule has 1 fully saturated rings. The molecule has 1 saturated carbocycles. The van der Waals surface area contributed by atoms with Crippen LogP contribution >= 0.6 is 0 Å². The van der Waals surface area contributed by atoms with Crippen LogP contribution < -0.4 is 10.9 Å². The summed E-state index contributed by atoms with van der Waals surface area (Å²) < 4.78 is 1.32. The number of benzene rings is 2. The number of hydrogen-bond donors (Lipinski definition) is 1. The first kappa shape index (κ1) is 20.3. The summed E-state index contributed by atoms with van der Waals surface area (Å²) in [5.41, 5.74) is 3.71. The Morgan fingerprint density at radius 1 is 1.10 bits per heavy atom. The van der Waals surface area contributed by atoms with E-state index in [0.717, 1.165) is 47.0 Å². The van der Waals surface area contributed by atoms with E-state index in [1.165, 1.54) is 11.1 Å². The molecule has 0 bridgehead atoms. The van der Waals surface area contributed by atoms with Gasteiger partial charge in [0.2, 0.25) is 5.91 Å². The van der Waals surface area contributed by atoms with Crippen molar-refractivity contribution in [3.05, 3.63) is 63.9 Å². The highest BCUT2D eigenvalue weighted by atomic mass is 16.2. The van der Waals surface area contributed by atoms with Crippen LogP contribution in [0.25, 0.3) is 22.0 Å². The van der Waals surface area contributed by atoms with E-state index >= 15 is 0 Å². The Balaban J connectivity index is 1.73. The average molecular weight is 404 g/mol. The molecule has 2 aromatic carbocycles. The van der Waals surface area contributed by atoms with Crippen LogP contribution in [0.5, 0.6) is 0 Å². The van der Waals surface area contributed by atoms with Crippen molar-refractivity contribution in [2.24, 2.45) is 5.92 Å². The molecule has 3 aromatic rings. The second-order valence-electron chi connectivity index (χ2n) is 8.61. The fourth-order valence-electron chi connectivity index (χ4n) is 4.45. The third-order valence-corrected chi connectivity index (χ3v) is 6.27. The monoisotopic (exact) mass is 403 g/mol. The van der Waals surface area contributed by atoms with E-state index < -0.39 is 0 Å². The van der Waals surface area contributed by atoms with Gasteiger partial charge in [0.25, 0.3) is 5.56 Å². The second-order valence-corrected chi connectivity index (χ2v) is 8.61. The number of aromatic nitrogens is 2. The fourth-order valence-corrected chi connectivity index (χ4v) is 4.45. The smallest absolute Gasteiger partial charge is 0.275 e. The molecule has 0 spiro atoms. The zero-order valence-corrected chi connectivity index (χ0v) is 17.9. The number of carbonyl (C=O) groups is 1. The molecule has 2 atom stereocenters. The molecule has 1 aromatic heterocycles. The Labute approximate surface area is 177 Å². The van der Waals surface area contributed by atoms with E-state index in [2.05, 4.69) is 35.5 Å². The minimum absolute atomic E-state index is 0.0647. The third-order valence-electron chi connectivity index (χ3n) is 6.27. The van der Waals surface area contributed by atoms with Crippen molar-refractivity contribution in [1.29, 1.82) is 0 Å². The molecule has 0 aliphatic heterocycles. The lowest BCUT2D eigenvalue weighted by molar-refractivity contribution is -0.123. The molecule has 1 amide bonds. The van der Waals surface area contributed by atoms with Gasteiger partial charge in [0.1, 0.15) is 6.54 Å². The summed E-state index contributed by atoms with van der Waals surface area (Å²) in [6.45, 7) is 6.20. The maximum absolute atomic E-state index is 13.1. The van der Waals surface area contributed by atoms with Crippen molar-refractivity contribution in [1.82, 2.24) is 15.1 Å². The summed E-state index contributed by atoms with van der Waals surface area (Å²) in [4.78, 5) is 25.8. The first-order valence-corrected chi connectivity index (χ1v) is 10.8. The summed E-state index contributed by atoms with van der Waals surface area (Å²) in [6.07, 6.45) is 4.50. The molecule has 5 nitrogen and oxygen atoms in total. The molecule has 1 heterocycles.